The third kappa shape index (κ3) is 2.39. The second-order valence-corrected chi connectivity index (χ2v) is 5.54. The molecular weight excluding hydrogens is 238 g/mol. The van der Waals surface area contributed by atoms with Gasteiger partial charge >= 0.3 is 6.03 Å². The van der Waals surface area contributed by atoms with E-state index in [-0.39, 0.29) is 6.03 Å². The van der Waals surface area contributed by atoms with E-state index in [1.807, 2.05) is 12.1 Å². The summed E-state index contributed by atoms with van der Waals surface area (Å²) in [5.74, 6) is 0. The second-order valence-electron chi connectivity index (χ2n) is 5.54. The fraction of sp³-hybridized carbons (Fsp3) is 0.533. The van der Waals surface area contributed by atoms with Gasteiger partial charge in [0.05, 0.1) is 11.4 Å². The molecule has 1 aliphatic carbocycles. The second kappa shape index (κ2) is 5.11. The SMILES string of the molecule is Nc1cccc2c1N(C(=O)NC1CCCCC1)CC2. The Morgan fingerprint density at radius 2 is 2.05 bits per heavy atom. The van der Waals surface area contributed by atoms with Crippen molar-refractivity contribution < 1.29 is 4.79 Å². The number of nitrogen functional groups attached to an aromatic ring is 1. The monoisotopic (exact) mass is 259 g/mol. The predicted molar refractivity (Wildman–Crippen MR) is 77.3 cm³/mol. The number of carbonyl (C=O) groups is 1. The summed E-state index contributed by atoms with van der Waals surface area (Å²) in [5, 5.41) is 3.16. The molecule has 0 unspecified atom stereocenters. The van der Waals surface area contributed by atoms with Gasteiger partial charge in [0.2, 0.25) is 0 Å². The molecule has 3 N–H and O–H groups in total. The van der Waals surface area contributed by atoms with E-state index in [0.29, 0.717) is 11.7 Å². The molecule has 0 spiro atoms. The summed E-state index contributed by atoms with van der Waals surface area (Å²) >= 11 is 0. The number of nitrogens with two attached hydrogens (primary N) is 1. The largest absolute Gasteiger partial charge is 0.397 e. The van der Waals surface area contributed by atoms with E-state index in [9.17, 15) is 4.79 Å². The fourth-order valence-electron chi connectivity index (χ4n) is 3.19. The van der Waals surface area contributed by atoms with Gasteiger partial charge in [0, 0.05) is 12.6 Å². The van der Waals surface area contributed by atoms with Crippen LogP contribution in [0.5, 0.6) is 0 Å². The summed E-state index contributed by atoms with van der Waals surface area (Å²) < 4.78 is 0. The molecule has 4 nitrogen and oxygen atoms in total. The summed E-state index contributed by atoms with van der Waals surface area (Å²) in [6.07, 6.45) is 6.87. The highest BCUT2D eigenvalue weighted by Gasteiger charge is 2.28. The number of benzene rings is 1. The number of rotatable bonds is 1. The molecule has 1 aromatic carbocycles. The van der Waals surface area contributed by atoms with Crippen molar-refractivity contribution in [3.05, 3.63) is 23.8 Å². The van der Waals surface area contributed by atoms with Gasteiger partial charge in [-0.05, 0) is 30.9 Å². The number of hydrogen-bond donors (Lipinski definition) is 2. The summed E-state index contributed by atoms with van der Waals surface area (Å²) in [6, 6.07) is 6.24. The molecule has 0 aromatic heterocycles. The summed E-state index contributed by atoms with van der Waals surface area (Å²) in [5.41, 5.74) is 8.81. The molecule has 1 saturated carbocycles. The lowest BCUT2D eigenvalue weighted by atomic mass is 9.96. The molecule has 1 fully saturated rings. The van der Waals surface area contributed by atoms with E-state index in [0.717, 1.165) is 31.5 Å². The molecule has 0 radical (unpaired) electrons. The highest BCUT2D eigenvalue weighted by molar-refractivity contribution is 5.97. The standard InChI is InChI=1S/C15H21N3O/c16-13-8-4-5-11-9-10-18(14(11)13)15(19)17-12-6-2-1-3-7-12/h4-5,8,12H,1-3,6-7,9-10,16H2,(H,17,19). The number of urea groups is 1. The average Bonchev–Trinajstić information content (AvgIpc) is 2.85. The highest BCUT2D eigenvalue weighted by Crippen LogP contribution is 2.33. The molecule has 0 bridgehead atoms. The maximum atomic E-state index is 12.4. The van der Waals surface area contributed by atoms with E-state index in [1.54, 1.807) is 4.90 Å². The van der Waals surface area contributed by atoms with Gasteiger partial charge in [-0.2, -0.15) is 0 Å². The Labute approximate surface area is 114 Å². The number of anilines is 2. The Kier molecular flexibility index (Phi) is 3.32. The molecular formula is C15H21N3O. The third-order valence-corrected chi connectivity index (χ3v) is 4.20. The van der Waals surface area contributed by atoms with E-state index >= 15 is 0 Å². The Morgan fingerprint density at radius 1 is 1.26 bits per heavy atom. The summed E-state index contributed by atoms with van der Waals surface area (Å²) in [6.45, 7) is 0.738. The first kappa shape index (κ1) is 12.3. The van der Waals surface area contributed by atoms with Crippen LogP contribution in [0.2, 0.25) is 0 Å². The third-order valence-electron chi connectivity index (χ3n) is 4.20. The van der Waals surface area contributed by atoms with Crippen molar-refractivity contribution >= 4 is 17.4 Å². The van der Waals surface area contributed by atoms with Gasteiger partial charge in [0.1, 0.15) is 0 Å². The lowest BCUT2D eigenvalue weighted by Crippen LogP contribution is -2.45. The smallest absolute Gasteiger partial charge is 0.322 e. The van der Waals surface area contributed by atoms with Crippen LogP contribution < -0.4 is 16.0 Å². The predicted octanol–water partition coefficient (Wildman–Crippen LogP) is 2.67. The van der Waals surface area contributed by atoms with Gasteiger partial charge in [-0.15, -0.1) is 0 Å². The zero-order valence-corrected chi connectivity index (χ0v) is 11.2. The first-order chi connectivity index (χ1) is 9.25. The Morgan fingerprint density at radius 3 is 2.84 bits per heavy atom. The van der Waals surface area contributed by atoms with Crippen molar-refractivity contribution in [2.75, 3.05) is 17.2 Å². The van der Waals surface area contributed by atoms with Crippen LogP contribution in [0, 0.1) is 0 Å². The molecule has 0 atom stereocenters. The lowest BCUT2D eigenvalue weighted by Gasteiger charge is -2.26. The minimum Gasteiger partial charge on any atom is -0.397 e. The molecule has 102 valence electrons. The van der Waals surface area contributed by atoms with Crippen molar-refractivity contribution in [2.45, 2.75) is 44.6 Å². The minimum absolute atomic E-state index is 0.0172. The van der Waals surface area contributed by atoms with Gasteiger partial charge < -0.3 is 11.1 Å². The number of nitrogens with one attached hydrogen (secondary N) is 1. The number of amides is 2. The first-order valence-electron chi connectivity index (χ1n) is 7.21. The van der Waals surface area contributed by atoms with Gasteiger partial charge in [-0.25, -0.2) is 4.79 Å². The minimum atomic E-state index is 0.0172. The van der Waals surface area contributed by atoms with E-state index in [2.05, 4.69) is 11.4 Å². The molecule has 2 aliphatic rings. The highest BCUT2D eigenvalue weighted by atomic mass is 16.2. The molecule has 3 rings (SSSR count). The molecule has 4 heteroatoms. The molecule has 1 aliphatic heterocycles. The van der Waals surface area contributed by atoms with Gasteiger partial charge in [-0.1, -0.05) is 31.4 Å². The Balaban J connectivity index is 1.72. The zero-order chi connectivity index (χ0) is 13.2. The number of nitrogens with zero attached hydrogens (tertiary/aromatic N) is 1. The van der Waals surface area contributed by atoms with Crippen molar-refractivity contribution in [2.24, 2.45) is 0 Å². The van der Waals surface area contributed by atoms with Crippen molar-refractivity contribution in [3.8, 4) is 0 Å². The van der Waals surface area contributed by atoms with Crippen LogP contribution in [0.25, 0.3) is 0 Å². The van der Waals surface area contributed by atoms with Crippen LogP contribution in [0.4, 0.5) is 16.2 Å². The van der Waals surface area contributed by atoms with Crippen LogP contribution in [-0.2, 0) is 6.42 Å². The molecule has 2 amide bonds. The number of fused-ring (bicyclic) bond motifs is 1. The summed E-state index contributed by atoms with van der Waals surface area (Å²) in [4.78, 5) is 14.2. The van der Waals surface area contributed by atoms with Crippen LogP contribution >= 0.6 is 0 Å². The molecule has 0 saturated heterocycles. The maximum Gasteiger partial charge on any atom is 0.322 e. The van der Waals surface area contributed by atoms with Crippen molar-refractivity contribution in [3.63, 3.8) is 0 Å². The number of carbonyl (C=O) groups excluding carboxylic acids is 1. The maximum absolute atomic E-state index is 12.4. The normalized spacial score (nSPS) is 19.3. The Hall–Kier alpha value is -1.71. The van der Waals surface area contributed by atoms with Crippen LogP contribution in [0.3, 0.4) is 0 Å². The zero-order valence-electron chi connectivity index (χ0n) is 11.2. The van der Waals surface area contributed by atoms with Crippen molar-refractivity contribution in [1.82, 2.24) is 5.32 Å². The van der Waals surface area contributed by atoms with Gasteiger partial charge in [0.25, 0.3) is 0 Å². The molecule has 1 heterocycles. The van der Waals surface area contributed by atoms with Gasteiger partial charge in [-0.3, -0.25) is 4.90 Å². The van der Waals surface area contributed by atoms with Crippen LogP contribution in [-0.4, -0.2) is 18.6 Å². The van der Waals surface area contributed by atoms with Gasteiger partial charge in [0.15, 0.2) is 0 Å². The molecule has 19 heavy (non-hydrogen) atoms. The molecule has 1 aromatic rings. The lowest BCUT2D eigenvalue weighted by molar-refractivity contribution is 0.238. The van der Waals surface area contributed by atoms with E-state index in [4.69, 9.17) is 5.73 Å². The fourth-order valence-corrected chi connectivity index (χ4v) is 3.19. The Bertz CT molecular complexity index is 480. The van der Waals surface area contributed by atoms with E-state index in [1.165, 1.54) is 24.8 Å². The number of para-hydroxylation sites is 1. The topological polar surface area (TPSA) is 58.4 Å². The van der Waals surface area contributed by atoms with Crippen LogP contribution in [0.1, 0.15) is 37.7 Å². The quantitative estimate of drug-likeness (QED) is 0.762. The average molecular weight is 259 g/mol. The number of hydrogen-bond acceptors (Lipinski definition) is 2. The summed E-state index contributed by atoms with van der Waals surface area (Å²) in [7, 11) is 0. The van der Waals surface area contributed by atoms with Crippen molar-refractivity contribution in [1.29, 1.82) is 0 Å². The van der Waals surface area contributed by atoms with Crippen LogP contribution in [0.15, 0.2) is 18.2 Å². The first-order valence-corrected chi connectivity index (χ1v) is 7.21. The van der Waals surface area contributed by atoms with E-state index < -0.39 is 0 Å².